The number of nitrogens with zero attached hydrogens (tertiary/aromatic N) is 1. The zero-order chi connectivity index (χ0) is 19.8. The Bertz CT molecular complexity index is 775. The number of carbonyl (C=O) groups is 2. The van der Waals surface area contributed by atoms with E-state index in [0.29, 0.717) is 31.3 Å². The number of carbonyl (C=O) groups excluding carboxylic acids is 2. The minimum absolute atomic E-state index is 0.0346. The van der Waals surface area contributed by atoms with Gasteiger partial charge in [-0.25, -0.2) is 0 Å². The van der Waals surface area contributed by atoms with Gasteiger partial charge in [-0.1, -0.05) is 35.5 Å². The Morgan fingerprint density at radius 2 is 1.96 bits per heavy atom. The second kappa shape index (κ2) is 10.0. The molecule has 0 radical (unpaired) electrons. The Morgan fingerprint density at radius 3 is 2.75 bits per heavy atom. The van der Waals surface area contributed by atoms with Crippen molar-refractivity contribution in [1.29, 1.82) is 0 Å². The Kier molecular flexibility index (Phi) is 7.19. The maximum atomic E-state index is 12.3. The molecule has 2 unspecified atom stereocenters. The molecule has 2 atom stereocenters. The SMILES string of the molecule is CC(=O)NCCNC(=O)CC1CCNCC1Cc1cc(-c2ccccc2)on1. The average molecular weight is 384 g/mol. The number of nitrogens with one attached hydrogen (secondary N) is 3. The van der Waals surface area contributed by atoms with Crippen LogP contribution in [-0.4, -0.2) is 43.2 Å². The van der Waals surface area contributed by atoms with E-state index in [9.17, 15) is 9.59 Å². The lowest BCUT2D eigenvalue weighted by molar-refractivity contribution is -0.123. The molecule has 0 aliphatic carbocycles. The van der Waals surface area contributed by atoms with Gasteiger partial charge in [0, 0.05) is 38.1 Å². The van der Waals surface area contributed by atoms with Gasteiger partial charge in [-0.2, -0.15) is 0 Å². The lowest BCUT2D eigenvalue weighted by Gasteiger charge is -2.31. The molecule has 1 aromatic heterocycles. The molecule has 0 spiro atoms. The number of aromatic nitrogens is 1. The largest absolute Gasteiger partial charge is 0.356 e. The van der Waals surface area contributed by atoms with E-state index in [2.05, 4.69) is 21.1 Å². The quantitative estimate of drug-likeness (QED) is 0.603. The minimum atomic E-state index is -0.0878. The molecule has 1 aliphatic heterocycles. The first-order valence-corrected chi connectivity index (χ1v) is 9.84. The van der Waals surface area contributed by atoms with E-state index in [4.69, 9.17) is 4.52 Å². The first-order valence-electron chi connectivity index (χ1n) is 9.84. The highest BCUT2D eigenvalue weighted by Crippen LogP contribution is 2.27. The maximum absolute atomic E-state index is 12.3. The van der Waals surface area contributed by atoms with Crippen LogP contribution in [0, 0.1) is 11.8 Å². The number of benzene rings is 1. The number of hydrogen-bond donors (Lipinski definition) is 3. The molecule has 3 N–H and O–H groups in total. The van der Waals surface area contributed by atoms with Crippen LogP contribution in [0.2, 0.25) is 0 Å². The van der Waals surface area contributed by atoms with Gasteiger partial charge in [-0.3, -0.25) is 9.59 Å². The molecule has 28 heavy (non-hydrogen) atoms. The van der Waals surface area contributed by atoms with E-state index in [0.717, 1.165) is 42.9 Å². The van der Waals surface area contributed by atoms with Crippen molar-refractivity contribution in [3.63, 3.8) is 0 Å². The van der Waals surface area contributed by atoms with E-state index in [1.807, 2.05) is 36.4 Å². The zero-order valence-corrected chi connectivity index (χ0v) is 16.2. The summed E-state index contributed by atoms with van der Waals surface area (Å²) >= 11 is 0. The van der Waals surface area contributed by atoms with E-state index in [1.54, 1.807) is 0 Å². The molecular formula is C21H28N4O3. The van der Waals surface area contributed by atoms with Gasteiger partial charge in [0.1, 0.15) is 0 Å². The molecule has 1 aromatic carbocycles. The van der Waals surface area contributed by atoms with Crippen LogP contribution in [0.3, 0.4) is 0 Å². The highest BCUT2D eigenvalue weighted by molar-refractivity contribution is 5.76. The predicted molar refractivity (Wildman–Crippen MR) is 106 cm³/mol. The van der Waals surface area contributed by atoms with E-state index >= 15 is 0 Å². The normalized spacial score (nSPS) is 19.2. The van der Waals surface area contributed by atoms with Crippen LogP contribution in [0.15, 0.2) is 40.9 Å². The second-order valence-corrected chi connectivity index (χ2v) is 7.30. The average Bonchev–Trinajstić information content (AvgIpc) is 3.16. The fourth-order valence-corrected chi connectivity index (χ4v) is 3.65. The maximum Gasteiger partial charge on any atom is 0.220 e. The number of amides is 2. The molecule has 0 bridgehead atoms. The molecule has 1 aliphatic rings. The van der Waals surface area contributed by atoms with Crippen molar-refractivity contribution in [2.45, 2.75) is 26.2 Å². The van der Waals surface area contributed by atoms with Gasteiger partial charge in [0.2, 0.25) is 11.8 Å². The molecule has 150 valence electrons. The minimum Gasteiger partial charge on any atom is -0.356 e. The van der Waals surface area contributed by atoms with E-state index in [1.165, 1.54) is 6.92 Å². The van der Waals surface area contributed by atoms with Gasteiger partial charge in [-0.15, -0.1) is 0 Å². The monoisotopic (exact) mass is 384 g/mol. The summed E-state index contributed by atoms with van der Waals surface area (Å²) in [6.07, 6.45) is 2.25. The van der Waals surface area contributed by atoms with Gasteiger partial charge in [0.15, 0.2) is 5.76 Å². The van der Waals surface area contributed by atoms with Gasteiger partial charge < -0.3 is 20.5 Å². The fourth-order valence-electron chi connectivity index (χ4n) is 3.65. The van der Waals surface area contributed by atoms with Crippen molar-refractivity contribution in [2.75, 3.05) is 26.2 Å². The summed E-state index contributed by atoms with van der Waals surface area (Å²) in [5.74, 6) is 1.36. The van der Waals surface area contributed by atoms with Crippen molar-refractivity contribution in [3.05, 3.63) is 42.1 Å². The Morgan fingerprint density at radius 1 is 1.18 bits per heavy atom. The molecule has 7 nitrogen and oxygen atoms in total. The zero-order valence-electron chi connectivity index (χ0n) is 16.2. The van der Waals surface area contributed by atoms with Crippen LogP contribution in [0.25, 0.3) is 11.3 Å². The second-order valence-electron chi connectivity index (χ2n) is 7.30. The van der Waals surface area contributed by atoms with Crippen LogP contribution in [0.1, 0.15) is 25.5 Å². The van der Waals surface area contributed by atoms with Crippen LogP contribution >= 0.6 is 0 Å². The number of piperidine rings is 1. The van der Waals surface area contributed by atoms with E-state index in [-0.39, 0.29) is 11.8 Å². The summed E-state index contributed by atoms with van der Waals surface area (Å²) in [6, 6.07) is 11.9. The summed E-state index contributed by atoms with van der Waals surface area (Å²) in [6.45, 7) is 4.18. The molecular weight excluding hydrogens is 356 g/mol. The standard InChI is InChI=1S/C21H28N4O3/c1-15(26)23-9-10-24-21(27)12-17-7-8-22-14-18(17)11-19-13-20(28-25-19)16-5-3-2-4-6-16/h2-6,13,17-18,22H,7-12,14H2,1H3,(H,23,26)(H,24,27). The van der Waals surface area contributed by atoms with Gasteiger partial charge in [0.05, 0.1) is 5.69 Å². The first kappa shape index (κ1) is 20.1. The summed E-state index contributed by atoms with van der Waals surface area (Å²) in [4.78, 5) is 23.1. The van der Waals surface area contributed by atoms with Crippen molar-refractivity contribution < 1.29 is 14.1 Å². The molecule has 1 fully saturated rings. The summed E-state index contributed by atoms with van der Waals surface area (Å²) in [7, 11) is 0. The predicted octanol–water partition coefficient (Wildman–Crippen LogP) is 1.75. The summed E-state index contributed by atoms with van der Waals surface area (Å²) in [5.41, 5.74) is 1.93. The third kappa shape index (κ3) is 5.92. The summed E-state index contributed by atoms with van der Waals surface area (Å²) < 4.78 is 5.51. The van der Waals surface area contributed by atoms with Crippen LogP contribution in [0.4, 0.5) is 0 Å². The smallest absolute Gasteiger partial charge is 0.220 e. The Balaban J connectivity index is 1.53. The van der Waals surface area contributed by atoms with Crippen LogP contribution in [-0.2, 0) is 16.0 Å². The lowest BCUT2D eigenvalue weighted by Crippen LogP contribution is -2.41. The van der Waals surface area contributed by atoms with Crippen LogP contribution in [0.5, 0.6) is 0 Å². The Hall–Kier alpha value is -2.67. The van der Waals surface area contributed by atoms with Crippen molar-refractivity contribution in [3.8, 4) is 11.3 Å². The van der Waals surface area contributed by atoms with Crippen molar-refractivity contribution in [2.24, 2.45) is 11.8 Å². The first-order chi connectivity index (χ1) is 13.6. The summed E-state index contributed by atoms with van der Waals surface area (Å²) in [5, 5.41) is 13.2. The van der Waals surface area contributed by atoms with Crippen molar-refractivity contribution >= 4 is 11.8 Å². The van der Waals surface area contributed by atoms with Crippen molar-refractivity contribution in [1.82, 2.24) is 21.1 Å². The Labute approximate surface area is 165 Å². The number of rotatable bonds is 8. The molecule has 1 saturated heterocycles. The molecule has 3 rings (SSSR count). The molecule has 2 heterocycles. The third-order valence-electron chi connectivity index (χ3n) is 5.12. The molecule has 7 heteroatoms. The van der Waals surface area contributed by atoms with Gasteiger partial charge in [-0.05, 0) is 37.8 Å². The van der Waals surface area contributed by atoms with Crippen LogP contribution < -0.4 is 16.0 Å². The molecule has 2 amide bonds. The van der Waals surface area contributed by atoms with E-state index < -0.39 is 0 Å². The van der Waals surface area contributed by atoms with Gasteiger partial charge in [0.25, 0.3) is 0 Å². The van der Waals surface area contributed by atoms with Gasteiger partial charge >= 0.3 is 0 Å². The molecule has 0 saturated carbocycles. The number of hydrogen-bond acceptors (Lipinski definition) is 5. The third-order valence-corrected chi connectivity index (χ3v) is 5.12. The lowest BCUT2D eigenvalue weighted by atomic mass is 9.81. The topological polar surface area (TPSA) is 96.3 Å². The fraction of sp³-hybridized carbons (Fsp3) is 0.476. The highest BCUT2D eigenvalue weighted by atomic mass is 16.5. The highest BCUT2D eigenvalue weighted by Gasteiger charge is 2.28. The molecule has 2 aromatic rings.